The Labute approximate surface area is 100 Å². The molecule has 1 saturated carbocycles. The maximum atomic E-state index is 11.6. The number of carboxylic acids is 2. The van der Waals surface area contributed by atoms with Crippen molar-refractivity contribution >= 4 is 11.9 Å². The van der Waals surface area contributed by atoms with Crippen LogP contribution in [0, 0.1) is 17.3 Å². The lowest BCUT2D eigenvalue weighted by molar-refractivity contribution is -0.166. The van der Waals surface area contributed by atoms with Crippen molar-refractivity contribution in [2.75, 3.05) is 0 Å². The van der Waals surface area contributed by atoms with Crippen molar-refractivity contribution in [1.82, 2.24) is 0 Å². The molecule has 0 unspecified atom stereocenters. The minimum absolute atomic E-state index is 0.0939. The fourth-order valence-corrected chi connectivity index (χ4v) is 3.38. The Kier molecular flexibility index (Phi) is 2.98. The van der Waals surface area contributed by atoms with Crippen LogP contribution in [0.25, 0.3) is 0 Å². The minimum atomic E-state index is -1.14. The molecule has 0 heterocycles. The maximum Gasteiger partial charge on any atom is 0.310 e. The van der Waals surface area contributed by atoms with Gasteiger partial charge in [-0.2, -0.15) is 0 Å². The molecule has 0 aromatic rings. The van der Waals surface area contributed by atoms with E-state index in [1.165, 1.54) is 5.57 Å². The van der Waals surface area contributed by atoms with Crippen LogP contribution in [0.1, 0.15) is 39.0 Å². The van der Waals surface area contributed by atoms with Gasteiger partial charge >= 0.3 is 11.9 Å². The molecule has 0 saturated heterocycles. The highest BCUT2D eigenvalue weighted by atomic mass is 16.4. The van der Waals surface area contributed by atoms with Crippen LogP contribution in [0.3, 0.4) is 0 Å². The van der Waals surface area contributed by atoms with E-state index in [0.29, 0.717) is 6.42 Å². The fourth-order valence-electron chi connectivity index (χ4n) is 3.38. The Morgan fingerprint density at radius 3 is 2.65 bits per heavy atom. The molecule has 0 spiro atoms. The highest BCUT2D eigenvalue weighted by molar-refractivity contribution is 5.84. The van der Waals surface area contributed by atoms with Gasteiger partial charge in [0, 0.05) is 0 Å². The number of rotatable bonds is 2. The van der Waals surface area contributed by atoms with Crippen LogP contribution in [-0.4, -0.2) is 22.2 Å². The van der Waals surface area contributed by atoms with Crippen molar-refractivity contribution in [3.8, 4) is 0 Å². The third kappa shape index (κ3) is 1.75. The van der Waals surface area contributed by atoms with Gasteiger partial charge in [0.15, 0.2) is 0 Å². The number of aliphatic carboxylic acids is 2. The van der Waals surface area contributed by atoms with E-state index in [-0.39, 0.29) is 5.92 Å². The summed E-state index contributed by atoms with van der Waals surface area (Å²) in [7, 11) is 0. The van der Waals surface area contributed by atoms with Crippen molar-refractivity contribution in [1.29, 1.82) is 0 Å². The Bertz CT molecular complexity index is 385. The molecule has 1 fully saturated rings. The predicted octanol–water partition coefficient (Wildman–Crippen LogP) is 2.30. The molecular formula is C13H18O4. The largest absolute Gasteiger partial charge is 0.481 e. The van der Waals surface area contributed by atoms with Crippen molar-refractivity contribution in [3.05, 3.63) is 11.6 Å². The lowest BCUT2D eigenvalue weighted by Crippen LogP contribution is -2.49. The second-order valence-electron chi connectivity index (χ2n) is 5.29. The number of carboxylic acid groups (broad SMARTS) is 2. The molecule has 0 bridgehead atoms. The first kappa shape index (κ1) is 12.1. The van der Waals surface area contributed by atoms with Gasteiger partial charge in [0.25, 0.3) is 0 Å². The van der Waals surface area contributed by atoms with E-state index < -0.39 is 23.3 Å². The number of allylic oxidation sites excluding steroid dienone is 2. The number of fused-ring (bicyclic) bond motifs is 1. The molecule has 94 valence electrons. The fraction of sp³-hybridized carbons (Fsp3) is 0.692. The van der Waals surface area contributed by atoms with Crippen LogP contribution in [0.4, 0.5) is 0 Å². The van der Waals surface area contributed by atoms with Crippen LogP contribution in [0.15, 0.2) is 11.6 Å². The molecule has 4 nitrogen and oxygen atoms in total. The molecule has 2 rings (SSSR count). The number of carbonyl (C=O) groups is 2. The smallest absolute Gasteiger partial charge is 0.310 e. The summed E-state index contributed by atoms with van der Waals surface area (Å²) in [6.45, 7) is 1.61. The summed E-state index contributed by atoms with van der Waals surface area (Å²) < 4.78 is 0. The van der Waals surface area contributed by atoms with Gasteiger partial charge in [0.2, 0.25) is 0 Å². The lowest BCUT2D eigenvalue weighted by Gasteiger charge is -2.44. The number of hydrogen-bond acceptors (Lipinski definition) is 2. The molecule has 0 aromatic heterocycles. The average Bonchev–Trinajstić information content (AvgIpc) is 2.29. The molecule has 2 aliphatic carbocycles. The van der Waals surface area contributed by atoms with Crippen LogP contribution < -0.4 is 0 Å². The van der Waals surface area contributed by atoms with Gasteiger partial charge in [-0.3, -0.25) is 9.59 Å². The van der Waals surface area contributed by atoms with E-state index in [1.807, 2.05) is 6.08 Å². The van der Waals surface area contributed by atoms with Gasteiger partial charge in [-0.25, -0.2) is 0 Å². The van der Waals surface area contributed by atoms with Gasteiger partial charge in [-0.05, 0) is 38.5 Å². The maximum absolute atomic E-state index is 11.6. The first-order valence-electron chi connectivity index (χ1n) is 6.13. The SMILES string of the molecule is C[C@@]1(C(=O)O)[C@@H](C(=O)O)CC=C2CCCC[C@@H]21. The van der Waals surface area contributed by atoms with Crippen molar-refractivity contribution in [2.24, 2.45) is 17.3 Å². The Morgan fingerprint density at radius 1 is 1.35 bits per heavy atom. The van der Waals surface area contributed by atoms with Crippen LogP contribution >= 0.6 is 0 Å². The van der Waals surface area contributed by atoms with Gasteiger partial charge in [-0.15, -0.1) is 0 Å². The summed E-state index contributed by atoms with van der Waals surface area (Å²) in [4.78, 5) is 22.8. The second-order valence-corrected chi connectivity index (χ2v) is 5.29. The Morgan fingerprint density at radius 2 is 2.06 bits per heavy atom. The zero-order valence-corrected chi connectivity index (χ0v) is 9.98. The van der Waals surface area contributed by atoms with Crippen molar-refractivity contribution in [2.45, 2.75) is 39.0 Å². The highest BCUT2D eigenvalue weighted by Gasteiger charge is 2.53. The first-order chi connectivity index (χ1) is 7.98. The number of hydrogen-bond donors (Lipinski definition) is 2. The Balaban J connectivity index is 2.43. The second kappa shape index (κ2) is 4.17. The van der Waals surface area contributed by atoms with E-state index in [0.717, 1.165) is 25.7 Å². The molecular weight excluding hydrogens is 220 g/mol. The molecule has 17 heavy (non-hydrogen) atoms. The zero-order valence-electron chi connectivity index (χ0n) is 9.98. The molecule has 0 aliphatic heterocycles. The standard InChI is InChI=1S/C13H18O4/c1-13(12(16)17)9-5-3-2-4-8(9)6-7-10(13)11(14)15/h6,9-10H,2-5,7H2,1H3,(H,14,15)(H,16,17)/t9-,10+,13-/m0/s1. The zero-order chi connectivity index (χ0) is 12.6. The monoisotopic (exact) mass is 238 g/mol. The summed E-state index contributed by atoms with van der Waals surface area (Å²) in [5.74, 6) is -2.85. The molecule has 2 aliphatic rings. The average molecular weight is 238 g/mol. The van der Waals surface area contributed by atoms with E-state index >= 15 is 0 Å². The van der Waals surface area contributed by atoms with Gasteiger partial charge in [-0.1, -0.05) is 18.1 Å². The van der Waals surface area contributed by atoms with Crippen molar-refractivity contribution in [3.63, 3.8) is 0 Å². The minimum Gasteiger partial charge on any atom is -0.481 e. The highest BCUT2D eigenvalue weighted by Crippen LogP contribution is 2.51. The third-order valence-corrected chi connectivity index (χ3v) is 4.48. The summed E-state index contributed by atoms with van der Waals surface area (Å²) >= 11 is 0. The van der Waals surface area contributed by atoms with E-state index in [2.05, 4.69) is 0 Å². The quantitative estimate of drug-likeness (QED) is 0.724. The molecule has 0 amide bonds. The topological polar surface area (TPSA) is 74.6 Å². The lowest BCUT2D eigenvalue weighted by atomic mass is 9.57. The Hall–Kier alpha value is -1.32. The summed E-state index contributed by atoms with van der Waals surface area (Å²) in [6.07, 6.45) is 6.14. The van der Waals surface area contributed by atoms with Crippen LogP contribution in [-0.2, 0) is 9.59 Å². The first-order valence-corrected chi connectivity index (χ1v) is 6.13. The van der Waals surface area contributed by atoms with Crippen LogP contribution in [0.5, 0.6) is 0 Å². The van der Waals surface area contributed by atoms with E-state index in [4.69, 9.17) is 0 Å². The molecule has 3 atom stereocenters. The summed E-state index contributed by atoms with van der Waals surface area (Å²) in [5, 5.41) is 18.7. The molecule has 2 N–H and O–H groups in total. The van der Waals surface area contributed by atoms with Gasteiger partial charge in [0.1, 0.15) is 0 Å². The normalized spacial score (nSPS) is 36.9. The third-order valence-electron chi connectivity index (χ3n) is 4.48. The summed E-state index contributed by atoms with van der Waals surface area (Å²) in [5.41, 5.74) is 0.0229. The molecule has 0 radical (unpaired) electrons. The van der Waals surface area contributed by atoms with Gasteiger partial charge < -0.3 is 10.2 Å². The van der Waals surface area contributed by atoms with Crippen LogP contribution in [0.2, 0.25) is 0 Å². The van der Waals surface area contributed by atoms with E-state index in [1.54, 1.807) is 6.92 Å². The van der Waals surface area contributed by atoms with E-state index in [9.17, 15) is 19.8 Å². The molecule has 4 heteroatoms. The predicted molar refractivity (Wildman–Crippen MR) is 61.5 cm³/mol. The van der Waals surface area contributed by atoms with Crippen molar-refractivity contribution < 1.29 is 19.8 Å². The molecule has 0 aromatic carbocycles. The van der Waals surface area contributed by atoms with Gasteiger partial charge in [0.05, 0.1) is 11.3 Å². The summed E-state index contributed by atoms with van der Waals surface area (Å²) in [6, 6.07) is 0.